The highest BCUT2D eigenvalue weighted by Crippen LogP contribution is 2.66. The second-order valence-electron chi connectivity index (χ2n) is 5.92. The molecule has 0 aliphatic carbocycles. The summed E-state index contributed by atoms with van der Waals surface area (Å²) >= 11 is 1.22. The Morgan fingerprint density at radius 1 is 1.23 bits per heavy atom. The molecule has 6 N–H and O–H groups in total. The Kier molecular flexibility index (Phi) is 6.81. The van der Waals surface area contributed by atoms with Gasteiger partial charge in [-0.25, -0.2) is 23.7 Å². The molecule has 19 heteroatoms. The SMILES string of the molecule is Cc1cn([C@H]2CS[C@@H](COP(=O)(O)OP(=O)(O)OP(=O)(O)O)O2)c2ncnc(N)c12. The highest BCUT2D eigenvalue weighted by molar-refractivity contribution is 8.00. The summed E-state index contributed by atoms with van der Waals surface area (Å²) in [5.41, 5.74) is 6.48. The first-order valence-electron chi connectivity index (χ1n) is 7.89. The lowest BCUT2D eigenvalue weighted by Gasteiger charge is -2.18. The topological polar surface area (TPSA) is 226 Å². The van der Waals surface area contributed by atoms with Crippen LogP contribution in [0.5, 0.6) is 0 Å². The first-order valence-corrected chi connectivity index (χ1v) is 13.5. The lowest BCUT2D eigenvalue weighted by atomic mass is 10.2. The van der Waals surface area contributed by atoms with Crippen LogP contribution in [0.25, 0.3) is 11.0 Å². The lowest BCUT2D eigenvalue weighted by molar-refractivity contribution is -0.00197. The molecule has 4 atom stereocenters. The molecule has 15 nitrogen and oxygen atoms in total. The van der Waals surface area contributed by atoms with E-state index in [2.05, 4.69) is 23.1 Å². The van der Waals surface area contributed by atoms with Gasteiger partial charge in [0.1, 0.15) is 29.5 Å². The Morgan fingerprint density at radius 3 is 2.60 bits per heavy atom. The fraction of sp³-hybridized carbons (Fsp3) is 0.455. The molecule has 1 aliphatic heterocycles. The molecule has 2 aromatic heterocycles. The third kappa shape index (κ3) is 5.88. The standard InChI is InChI=1S/C11H17N4O11P3S/c1-6-2-15(11-9(6)10(12)13-5-14-11)7-4-30-8(24-7)3-23-28(19,20)26-29(21,22)25-27(16,17)18/h2,5,7-8H,3-4H2,1H3,(H,19,20)(H,21,22)(H2,12,13,14)(H2,16,17,18)/t7-,8+/m1/s1. The third-order valence-corrected chi connectivity index (χ3v) is 8.56. The monoisotopic (exact) mass is 506 g/mol. The Labute approximate surface area is 173 Å². The lowest BCUT2D eigenvalue weighted by Crippen LogP contribution is -2.15. The Morgan fingerprint density at radius 2 is 1.93 bits per heavy atom. The van der Waals surface area contributed by atoms with Crippen LogP contribution in [0.3, 0.4) is 0 Å². The predicted octanol–water partition coefficient (Wildman–Crippen LogP) is 1.25. The number of fused-ring (bicyclic) bond motifs is 1. The number of nitrogens with zero attached hydrogens (tertiary/aromatic N) is 3. The molecule has 0 aromatic carbocycles. The number of phosphoric ester groups is 1. The van der Waals surface area contributed by atoms with Gasteiger partial charge in [0.2, 0.25) is 0 Å². The van der Waals surface area contributed by atoms with Crippen molar-refractivity contribution in [2.75, 3.05) is 18.1 Å². The van der Waals surface area contributed by atoms with E-state index < -0.39 is 41.7 Å². The number of ether oxygens (including phenoxy) is 1. The minimum absolute atomic E-state index is 0.311. The van der Waals surface area contributed by atoms with Crippen molar-refractivity contribution in [3.05, 3.63) is 18.1 Å². The number of aryl methyl sites for hydroxylation is 1. The molecule has 30 heavy (non-hydrogen) atoms. The molecule has 1 saturated heterocycles. The Bertz CT molecular complexity index is 1090. The van der Waals surface area contributed by atoms with Gasteiger partial charge in [-0.15, -0.1) is 11.8 Å². The largest absolute Gasteiger partial charge is 0.490 e. The van der Waals surface area contributed by atoms with E-state index in [1.54, 1.807) is 10.8 Å². The van der Waals surface area contributed by atoms with Crippen molar-refractivity contribution in [3.63, 3.8) is 0 Å². The van der Waals surface area contributed by atoms with Crippen LogP contribution >= 0.6 is 35.2 Å². The maximum absolute atomic E-state index is 11.8. The Balaban J connectivity index is 1.62. The van der Waals surface area contributed by atoms with E-state index in [1.807, 2.05) is 6.92 Å². The summed E-state index contributed by atoms with van der Waals surface area (Å²) in [5, 5.41) is 0.669. The maximum Gasteiger partial charge on any atom is 0.490 e. The highest BCUT2D eigenvalue weighted by atomic mass is 32.2. The van der Waals surface area contributed by atoms with Crippen LogP contribution in [0.1, 0.15) is 11.8 Å². The molecular weight excluding hydrogens is 489 g/mol. The van der Waals surface area contributed by atoms with Gasteiger partial charge >= 0.3 is 23.5 Å². The van der Waals surface area contributed by atoms with Crippen LogP contribution in [0.4, 0.5) is 5.82 Å². The van der Waals surface area contributed by atoms with E-state index in [1.165, 1.54) is 18.1 Å². The van der Waals surface area contributed by atoms with Gasteiger partial charge in [0.15, 0.2) is 0 Å². The van der Waals surface area contributed by atoms with Gasteiger partial charge in [-0.3, -0.25) is 4.52 Å². The smallest absolute Gasteiger partial charge is 0.383 e. The zero-order valence-electron chi connectivity index (χ0n) is 15.0. The first kappa shape index (κ1) is 23.8. The van der Waals surface area contributed by atoms with Crippen LogP contribution in [-0.4, -0.2) is 51.9 Å². The summed E-state index contributed by atoms with van der Waals surface area (Å²) in [4.78, 5) is 43.8. The van der Waals surface area contributed by atoms with Crippen molar-refractivity contribution in [1.82, 2.24) is 14.5 Å². The second kappa shape index (κ2) is 8.58. The molecule has 2 unspecified atom stereocenters. The number of phosphoric acid groups is 3. The molecule has 0 radical (unpaired) electrons. The fourth-order valence-corrected chi connectivity index (χ4v) is 6.76. The van der Waals surface area contributed by atoms with E-state index in [9.17, 15) is 18.6 Å². The summed E-state index contributed by atoms with van der Waals surface area (Å²) in [6.45, 7) is 1.29. The van der Waals surface area contributed by atoms with Crippen molar-refractivity contribution in [2.45, 2.75) is 18.6 Å². The first-order chi connectivity index (χ1) is 13.8. The molecule has 2 aromatic rings. The summed E-state index contributed by atoms with van der Waals surface area (Å²) in [6, 6.07) is 0. The third-order valence-electron chi connectivity index (χ3n) is 3.66. The maximum atomic E-state index is 11.8. The second-order valence-corrected chi connectivity index (χ2v) is 11.5. The summed E-state index contributed by atoms with van der Waals surface area (Å²) in [5.74, 6) is 0.725. The minimum Gasteiger partial charge on any atom is -0.383 e. The molecule has 3 rings (SSSR count). The number of hydrogen-bond donors (Lipinski definition) is 5. The van der Waals surface area contributed by atoms with Gasteiger partial charge < -0.3 is 34.6 Å². The quantitative estimate of drug-likeness (QED) is 0.318. The molecule has 0 spiro atoms. The van der Waals surface area contributed by atoms with E-state index >= 15 is 0 Å². The Hall–Kier alpha value is -0.860. The average Bonchev–Trinajstić information content (AvgIpc) is 3.15. The van der Waals surface area contributed by atoms with Crippen molar-refractivity contribution in [2.24, 2.45) is 0 Å². The van der Waals surface area contributed by atoms with Gasteiger partial charge in [-0.2, -0.15) is 8.62 Å². The zero-order chi connectivity index (χ0) is 22.3. The number of nitrogens with two attached hydrogens (primary N) is 1. The van der Waals surface area contributed by atoms with Gasteiger partial charge in [0.05, 0.1) is 12.0 Å². The highest BCUT2D eigenvalue weighted by Gasteiger charge is 2.41. The van der Waals surface area contributed by atoms with Crippen LogP contribution < -0.4 is 5.73 Å². The molecule has 3 heterocycles. The molecule has 1 aliphatic rings. The molecule has 0 saturated carbocycles. The summed E-state index contributed by atoms with van der Waals surface area (Å²) in [6.07, 6.45) is 2.56. The van der Waals surface area contributed by atoms with Crippen LogP contribution in [0.2, 0.25) is 0 Å². The number of anilines is 1. The molecule has 1 fully saturated rings. The zero-order valence-corrected chi connectivity index (χ0v) is 18.5. The summed E-state index contributed by atoms with van der Waals surface area (Å²) in [7, 11) is -16.2. The van der Waals surface area contributed by atoms with E-state index in [-0.39, 0.29) is 0 Å². The van der Waals surface area contributed by atoms with Crippen molar-refractivity contribution >= 4 is 52.1 Å². The number of thioether (sulfide) groups is 1. The molecular formula is C11H17N4O11P3S. The predicted molar refractivity (Wildman–Crippen MR) is 103 cm³/mol. The van der Waals surface area contributed by atoms with E-state index in [0.717, 1.165) is 5.56 Å². The average molecular weight is 506 g/mol. The number of rotatable bonds is 8. The van der Waals surface area contributed by atoms with Crippen LogP contribution in [0.15, 0.2) is 12.5 Å². The van der Waals surface area contributed by atoms with E-state index in [4.69, 9.17) is 25.2 Å². The fourth-order valence-electron chi connectivity index (χ4n) is 2.65. The molecule has 0 bridgehead atoms. The number of nitrogen functional groups attached to an aromatic ring is 1. The van der Waals surface area contributed by atoms with Gasteiger partial charge in [-0.05, 0) is 12.5 Å². The molecule has 0 amide bonds. The normalized spacial score (nSPS) is 24.0. The van der Waals surface area contributed by atoms with Crippen molar-refractivity contribution < 1.29 is 51.2 Å². The van der Waals surface area contributed by atoms with Crippen LogP contribution in [-0.2, 0) is 31.6 Å². The summed E-state index contributed by atoms with van der Waals surface area (Å²) < 4.78 is 53.1. The van der Waals surface area contributed by atoms with Gasteiger partial charge in [0.25, 0.3) is 0 Å². The van der Waals surface area contributed by atoms with Crippen LogP contribution in [0, 0.1) is 6.92 Å². The molecule has 168 valence electrons. The number of aromatic nitrogens is 3. The van der Waals surface area contributed by atoms with Crippen molar-refractivity contribution in [3.8, 4) is 0 Å². The van der Waals surface area contributed by atoms with Gasteiger partial charge in [-0.1, -0.05) is 0 Å². The minimum atomic E-state index is -5.57. The van der Waals surface area contributed by atoms with E-state index in [0.29, 0.717) is 22.6 Å². The van der Waals surface area contributed by atoms with Crippen molar-refractivity contribution in [1.29, 1.82) is 0 Å². The number of hydrogen-bond acceptors (Lipinski definition) is 11. The van der Waals surface area contributed by atoms with Gasteiger partial charge in [0, 0.05) is 11.9 Å².